The lowest BCUT2D eigenvalue weighted by Crippen LogP contribution is -2.01. The normalized spacial score (nSPS) is 10.4. The van der Waals surface area contributed by atoms with E-state index in [1.807, 2.05) is 42.6 Å². The van der Waals surface area contributed by atoms with Crippen molar-refractivity contribution in [2.45, 2.75) is 13.5 Å². The number of hydrogen-bond donors (Lipinski definition) is 1. The molecule has 2 aromatic heterocycles. The zero-order valence-corrected chi connectivity index (χ0v) is 11.1. The highest BCUT2D eigenvalue weighted by Gasteiger charge is 2.10. The zero-order valence-electron chi connectivity index (χ0n) is 11.1. The summed E-state index contributed by atoms with van der Waals surface area (Å²) in [4.78, 5) is 4.10. The number of rotatable bonds is 4. The van der Waals surface area contributed by atoms with Crippen LogP contribution in [0.25, 0.3) is 11.5 Å². The van der Waals surface area contributed by atoms with Crippen molar-refractivity contribution in [3.63, 3.8) is 0 Å². The average Bonchev–Trinajstić information content (AvgIpc) is 2.93. The second-order valence-corrected chi connectivity index (χ2v) is 4.39. The minimum absolute atomic E-state index is 0.525. The van der Waals surface area contributed by atoms with Crippen LogP contribution in [0.5, 0.6) is 0 Å². The van der Waals surface area contributed by atoms with Crippen molar-refractivity contribution in [1.29, 1.82) is 0 Å². The van der Waals surface area contributed by atoms with Crippen molar-refractivity contribution < 1.29 is 4.42 Å². The van der Waals surface area contributed by atoms with Crippen LogP contribution < -0.4 is 5.32 Å². The summed E-state index contributed by atoms with van der Waals surface area (Å²) >= 11 is 0. The van der Waals surface area contributed by atoms with Crippen LogP contribution in [0.3, 0.4) is 0 Å². The lowest BCUT2D eigenvalue weighted by molar-refractivity contribution is 0.533. The van der Waals surface area contributed by atoms with E-state index in [2.05, 4.69) is 20.5 Å². The summed E-state index contributed by atoms with van der Waals surface area (Å²) in [6.45, 7) is 2.47. The van der Waals surface area contributed by atoms with Crippen LogP contribution >= 0.6 is 0 Å². The van der Waals surface area contributed by atoms with Crippen molar-refractivity contribution in [3.8, 4) is 11.5 Å². The van der Waals surface area contributed by atoms with Gasteiger partial charge in [-0.15, -0.1) is 10.2 Å². The van der Waals surface area contributed by atoms with Crippen LogP contribution in [0.2, 0.25) is 0 Å². The van der Waals surface area contributed by atoms with Gasteiger partial charge in [-0.25, -0.2) is 0 Å². The summed E-state index contributed by atoms with van der Waals surface area (Å²) in [6.07, 6.45) is 3.60. The summed E-state index contributed by atoms with van der Waals surface area (Å²) in [5.41, 5.74) is 2.97. The highest BCUT2D eigenvalue weighted by atomic mass is 16.4. The monoisotopic (exact) mass is 266 g/mol. The third-order valence-electron chi connectivity index (χ3n) is 2.89. The summed E-state index contributed by atoms with van der Waals surface area (Å²) in [5.74, 6) is 1.08. The summed E-state index contributed by atoms with van der Waals surface area (Å²) in [6, 6.07) is 11.8. The fourth-order valence-corrected chi connectivity index (χ4v) is 1.93. The Balaban J connectivity index is 1.83. The van der Waals surface area contributed by atoms with Crippen molar-refractivity contribution >= 4 is 5.69 Å². The van der Waals surface area contributed by atoms with E-state index in [1.165, 1.54) is 0 Å². The van der Waals surface area contributed by atoms with Gasteiger partial charge in [-0.1, -0.05) is 18.2 Å². The van der Waals surface area contributed by atoms with Gasteiger partial charge in [0, 0.05) is 31.5 Å². The number of nitrogens with zero attached hydrogens (tertiary/aromatic N) is 3. The molecular formula is C15H14N4O. The predicted molar refractivity (Wildman–Crippen MR) is 76.0 cm³/mol. The Kier molecular flexibility index (Phi) is 3.41. The molecule has 0 aliphatic carbocycles. The largest absolute Gasteiger partial charge is 0.421 e. The first-order valence-corrected chi connectivity index (χ1v) is 6.35. The highest BCUT2D eigenvalue weighted by molar-refractivity contribution is 5.72. The van der Waals surface area contributed by atoms with Gasteiger partial charge in [0.2, 0.25) is 11.8 Å². The van der Waals surface area contributed by atoms with Gasteiger partial charge in [-0.3, -0.25) is 4.98 Å². The molecule has 0 spiro atoms. The molecule has 3 aromatic rings. The molecule has 100 valence electrons. The maximum absolute atomic E-state index is 5.49. The van der Waals surface area contributed by atoms with Crippen LogP contribution in [0.4, 0.5) is 5.69 Å². The number of benzene rings is 1. The van der Waals surface area contributed by atoms with E-state index in [9.17, 15) is 0 Å². The second-order valence-electron chi connectivity index (χ2n) is 4.39. The van der Waals surface area contributed by atoms with Crippen molar-refractivity contribution in [2.75, 3.05) is 5.32 Å². The number of aromatic nitrogens is 3. The molecule has 0 saturated heterocycles. The van der Waals surface area contributed by atoms with E-state index in [0.717, 1.165) is 16.8 Å². The smallest absolute Gasteiger partial charge is 0.249 e. The Bertz CT molecular complexity index is 694. The number of hydrogen-bond acceptors (Lipinski definition) is 5. The molecule has 20 heavy (non-hydrogen) atoms. The van der Waals surface area contributed by atoms with E-state index in [0.29, 0.717) is 18.3 Å². The van der Waals surface area contributed by atoms with E-state index < -0.39 is 0 Å². The Hall–Kier alpha value is -2.69. The third-order valence-corrected chi connectivity index (χ3v) is 2.89. The maximum Gasteiger partial charge on any atom is 0.249 e. The molecule has 0 unspecified atom stereocenters. The molecule has 1 N–H and O–H groups in total. The molecule has 5 heteroatoms. The summed E-state index contributed by atoms with van der Waals surface area (Å²) in [5, 5.41) is 11.3. The van der Waals surface area contributed by atoms with E-state index in [-0.39, 0.29) is 0 Å². The molecule has 0 aliphatic heterocycles. The topological polar surface area (TPSA) is 63.8 Å². The fourth-order valence-electron chi connectivity index (χ4n) is 1.93. The molecule has 0 amide bonds. The SMILES string of the molecule is Cc1nnc(-c2ccccc2NCc2cccnc2)o1. The number of para-hydroxylation sites is 1. The minimum Gasteiger partial charge on any atom is -0.421 e. The Morgan fingerprint density at radius 2 is 2.00 bits per heavy atom. The first-order valence-electron chi connectivity index (χ1n) is 6.35. The lowest BCUT2D eigenvalue weighted by Gasteiger charge is -2.09. The molecule has 5 nitrogen and oxygen atoms in total. The van der Waals surface area contributed by atoms with Crippen LogP contribution in [0.1, 0.15) is 11.5 Å². The molecule has 0 aliphatic rings. The Morgan fingerprint density at radius 3 is 2.75 bits per heavy atom. The van der Waals surface area contributed by atoms with Crippen LogP contribution in [0, 0.1) is 6.92 Å². The van der Waals surface area contributed by atoms with Crippen molar-refractivity contribution in [1.82, 2.24) is 15.2 Å². The fraction of sp³-hybridized carbons (Fsp3) is 0.133. The highest BCUT2D eigenvalue weighted by Crippen LogP contribution is 2.26. The molecule has 0 saturated carbocycles. The summed E-state index contributed by atoms with van der Waals surface area (Å²) < 4.78 is 5.49. The number of nitrogens with one attached hydrogen (secondary N) is 1. The lowest BCUT2D eigenvalue weighted by atomic mass is 10.1. The predicted octanol–water partition coefficient (Wildman–Crippen LogP) is 3.05. The standard InChI is InChI=1S/C15H14N4O/c1-11-18-19-15(20-11)13-6-2-3-7-14(13)17-10-12-5-4-8-16-9-12/h2-9,17H,10H2,1H3. The Labute approximate surface area is 116 Å². The number of aryl methyl sites for hydroxylation is 1. The molecule has 1 aromatic carbocycles. The minimum atomic E-state index is 0.525. The van der Waals surface area contributed by atoms with Gasteiger partial charge in [0.25, 0.3) is 0 Å². The molecule has 3 rings (SSSR count). The van der Waals surface area contributed by atoms with Crippen LogP contribution in [-0.2, 0) is 6.54 Å². The third kappa shape index (κ3) is 2.66. The maximum atomic E-state index is 5.49. The summed E-state index contributed by atoms with van der Waals surface area (Å²) in [7, 11) is 0. The van der Waals surface area contributed by atoms with E-state index in [1.54, 1.807) is 13.1 Å². The van der Waals surface area contributed by atoms with Crippen molar-refractivity contribution in [2.24, 2.45) is 0 Å². The molecule has 0 radical (unpaired) electrons. The first kappa shape index (κ1) is 12.3. The quantitative estimate of drug-likeness (QED) is 0.786. The second kappa shape index (κ2) is 5.52. The molecule has 0 atom stereocenters. The molecule has 0 fully saturated rings. The van der Waals surface area contributed by atoms with Gasteiger partial charge in [0.05, 0.1) is 5.56 Å². The Morgan fingerprint density at radius 1 is 1.10 bits per heavy atom. The first-order chi connectivity index (χ1) is 9.83. The number of pyridine rings is 1. The molecule has 2 heterocycles. The van der Waals surface area contributed by atoms with Gasteiger partial charge >= 0.3 is 0 Å². The number of anilines is 1. The zero-order chi connectivity index (χ0) is 13.8. The molecular weight excluding hydrogens is 252 g/mol. The average molecular weight is 266 g/mol. The van der Waals surface area contributed by atoms with E-state index in [4.69, 9.17) is 4.42 Å². The van der Waals surface area contributed by atoms with Gasteiger partial charge in [0.15, 0.2) is 0 Å². The van der Waals surface area contributed by atoms with Gasteiger partial charge in [0.1, 0.15) is 0 Å². The van der Waals surface area contributed by atoms with Gasteiger partial charge < -0.3 is 9.73 Å². The van der Waals surface area contributed by atoms with Crippen molar-refractivity contribution in [3.05, 3.63) is 60.2 Å². The molecule has 0 bridgehead atoms. The van der Waals surface area contributed by atoms with Gasteiger partial charge in [-0.05, 0) is 23.8 Å². The van der Waals surface area contributed by atoms with E-state index >= 15 is 0 Å². The van der Waals surface area contributed by atoms with Gasteiger partial charge in [-0.2, -0.15) is 0 Å². The van der Waals surface area contributed by atoms with Crippen LogP contribution in [0.15, 0.2) is 53.2 Å². The van der Waals surface area contributed by atoms with Crippen LogP contribution in [-0.4, -0.2) is 15.2 Å².